The summed E-state index contributed by atoms with van der Waals surface area (Å²) in [6.45, 7) is -0.104. The largest absolute Gasteiger partial charge is 0.493 e. The first-order valence-electron chi connectivity index (χ1n) is 10.6. The van der Waals surface area contributed by atoms with Crippen LogP contribution in [0.5, 0.6) is 5.75 Å². The van der Waals surface area contributed by atoms with Crippen molar-refractivity contribution in [3.8, 4) is 5.75 Å². The zero-order chi connectivity index (χ0) is 24.9. The topological polar surface area (TPSA) is 125 Å². The molecule has 4 rings (SSSR count). The summed E-state index contributed by atoms with van der Waals surface area (Å²) in [7, 11) is 0. The van der Waals surface area contributed by atoms with E-state index in [0.717, 1.165) is 11.6 Å². The number of rotatable bonds is 7. The Morgan fingerprint density at radius 3 is 2.54 bits per heavy atom. The second-order valence-corrected chi connectivity index (χ2v) is 8.08. The van der Waals surface area contributed by atoms with Crippen LogP contribution in [-0.4, -0.2) is 35.8 Å². The Balaban J connectivity index is 1.45. The molecule has 10 heteroatoms. The molecule has 1 N–H and O–H groups in total. The van der Waals surface area contributed by atoms with Gasteiger partial charge in [0.1, 0.15) is 10.8 Å². The summed E-state index contributed by atoms with van der Waals surface area (Å²) in [5.41, 5.74) is 0.305. The summed E-state index contributed by atoms with van der Waals surface area (Å²) >= 11 is 5.82. The van der Waals surface area contributed by atoms with Gasteiger partial charge in [0, 0.05) is 29.2 Å². The lowest BCUT2D eigenvalue weighted by Crippen LogP contribution is -2.35. The van der Waals surface area contributed by atoms with Crippen LogP contribution in [0.15, 0.2) is 66.7 Å². The molecule has 1 atom stereocenters. The predicted octanol–water partition coefficient (Wildman–Crippen LogP) is 4.28. The van der Waals surface area contributed by atoms with Gasteiger partial charge in [0.15, 0.2) is 12.4 Å². The minimum Gasteiger partial charge on any atom is -0.493 e. The molecule has 178 valence electrons. The molecule has 1 amide bonds. The van der Waals surface area contributed by atoms with Crippen LogP contribution in [0.3, 0.4) is 0 Å². The van der Waals surface area contributed by atoms with E-state index in [2.05, 4.69) is 5.32 Å². The van der Waals surface area contributed by atoms with Crippen LogP contribution in [0, 0.1) is 10.1 Å². The fourth-order valence-electron chi connectivity index (χ4n) is 3.75. The third-order valence-electron chi connectivity index (χ3n) is 5.42. The number of carbonyl (C=O) groups excluding carboxylic acids is 3. The van der Waals surface area contributed by atoms with Crippen molar-refractivity contribution in [2.24, 2.45) is 0 Å². The Morgan fingerprint density at radius 2 is 1.77 bits per heavy atom. The number of esters is 1. The minimum absolute atomic E-state index is 0.0164. The molecule has 0 saturated carbocycles. The van der Waals surface area contributed by atoms with Gasteiger partial charge >= 0.3 is 5.97 Å². The fourth-order valence-corrected chi connectivity index (χ4v) is 3.93. The summed E-state index contributed by atoms with van der Waals surface area (Å²) in [5.74, 6) is -1.31. The summed E-state index contributed by atoms with van der Waals surface area (Å²) in [6.07, 6.45) is 0.571. The van der Waals surface area contributed by atoms with E-state index < -0.39 is 34.9 Å². The van der Waals surface area contributed by atoms with E-state index >= 15 is 0 Å². The number of halogens is 1. The number of nitrogens with zero attached hydrogens (tertiary/aromatic N) is 1. The minimum atomic E-state index is -0.875. The van der Waals surface area contributed by atoms with Crippen LogP contribution < -0.4 is 10.1 Å². The lowest BCUT2D eigenvalue weighted by molar-refractivity contribution is -0.384. The Kier molecular flexibility index (Phi) is 7.07. The highest BCUT2D eigenvalue weighted by Crippen LogP contribution is 2.31. The van der Waals surface area contributed by atoms with E-state index in [-0.39, 0.29) is 27.8 Å². The molecule has 1 heterocycles. The molecule has 1 aliphatic rings. The maximum Gasteiger partial charge on any atom is 0.339 e. The molecule has 0 radical (unpaired) electrons. The van der Waals surface area contributed by atoms with Gasteiger partial charge < -0.3 is 14.8 Å². The zero-order valence-corrected chi connectivity index (χ0v) is 19.0. The molecule has 0 fully saturated rings. The van der Waals surface area contributed by atoms with E-state index in [0.29, 0.717) is 18.8 Å². The molecular formula is C25H19ClN2O7. The molecular weight excluding hydrogens is 476 g/mol. The van der Waals surface area contributed by atoms with Gasteiger partial charge in [0.25, 0.3) is 11.6 Å². The first kappa shape index (κ1) is 23.9. The number of benzene rings is 3. The monoisotopic (exact) mass is 494 g/mol. The first-order chi connectivity index (χ1) is 16.8. The number of para-hydroxylation sites is 1. The third-order valence-corrected chi connectivity index (χ3v) is 5.74. The molecule has 9 nitrogen and oxygen atoms in total. The molecule has 0 spiro atoms. The Bertz CT molecular complexity index is 1320. The van der Waals surface area contributed by atoms with Crippen molar-refractivity contribution >= 4 is 34.9 Å². The highest BCUT2D eigenvalue weighted by Gasteiger charge is 2.25. The normalized spacial score (nSPS) is 14.3. The molecule has 0 bridgehead atoms. The maximum atomic E-state index is 13.0. The summed E-state index contributed by atoms with van der Waals surface area (Å²) in [5, 5.41) is 13.9. The third kappa shape index (κ3) is 5.30. The molecule has 35 heavy (non-hydrogen) atoms. The average molecular weight is 495 g/mol. The van der Waals surface area contributed by atoms with Gasteiger partial charge in [0.2, 0.25) is 0 Å². The van der Waals surface area contributed by atoms with Crippen LogP contribution in [0.25, 0.3) is 0 Å². The summed E-state index contributed by atoms with van der Waals surface area (Å²) < 4.78 is 10.7. The van der Waals surface area contributed by atoms with Gasteiger partial charge in [0.05, 0.1) is 23.1 Å². The van der Waals surface area contributed by atoms with Gasteiger partial charge in [-0.15, -0.1) is 0 Å². The smallest absolute Gasteiger partial charge is 0.339 e. The highest BCUT2D eigenvalue weighted by atomic mass is 35.5. The van der Waals surface area contributed by atoms with Crippen molar-refractivity contribution in [3.63, 3.8) is 0 Å². The van der Waals surface area contributed by atoms with E-state index in [4.69, 9.17) is 21.1 Å². The molecule has 1 unspecified atom stereocenters. The number of nitrogens with one attached hydrogen (secondary N) is 1. The number of hydrogen-bond acceptors (Lipinski definition) is 7. The van der Waals surface area contributed by atoms with Gasteiger partial charge in [-0.3, -0.25) is 19.7 Å². The number of hydrogen-bond donors (Lipinski definition) is 1. The zero-order valence-electron chi connectivity index (χ0n) is 18.2. The van der Waals surface area contributed by atoms with Crippen molar-refractivity contribution in [2.45, 2.75) is 12.5 Å². The fraction of sp³-hybridized carbons (Fsp3) is 0.160. The first-order valence-corrected chi connectivity index (χ1v) is 11.0. The number of amides is 1. The molecule has 3 aromatic rings. The van der Waals surface area contributed by atoms with E-state index in [1.807, 2.05) is 24.3 Å². The van der Waals surface area contributed by atoms with Crippen molar-refractivity contribution in [1.82, 2.24) is 5.32 Å². The number of nitro benzene ring substituents is 1. The van der Waals surface area contributed by atoms with Crippen molar-refractivity contribution in [2.75, 3.05) is 13.2 Å². The van der Waals surface area contributed by atoms with Gasteiger partial charge in [-0.25, -0.2) is 4.79 Å². The molecule has 0 aliphatic carbocycles. The van der Waals surface area contributed by atoms with Crippen molar-refractivity contribution in [1.29, 1.82) is 0 Å². The number of ether oxygens (including phenoxy) is 2. The molecule has 0 saturated heterocycles. The highest BCUT2D eigenvalue weighted by molar-refractivity contribution is 6.33. The van der Waals surface area contributed by atoms with Crippen molar-refractivity contribution in [3.05, 3.63) is 104 Å². The lowest BCUT2D eigenvalue weighted by atomic mass is 9.98. The van der Waals surface area contributed by atoms with E-state index in [1.54, 1.807) is 6.07 Å². The Labute approximate surface area is 204 Å². The summed E-state index contributed by atoms with van der Waals surface area (Å²) in [4.78, 5) is 48.6. The summed E-state index contributed by atoms with van der Waals surface area (Å²) in [6, 6.07) is 16.6. The average Bonchev–Trinajstić information content (AvgIpc) is 2.87. The Hall–Kier alpha value is -4.24. The van der Waals surface area contributed by atoms with Crippen LogP contribution in [0.2, 0.25) is 5.02 Å². The van der Waals surface area contributed by atoms with Crippen LogP contribution in [0.4, 0.5) is 5.69 Å². The van der Waals surface area contributed by atoms with Gasteiger partial charge in [-0.1, -0.05) is 48.0 Å². The van der Waals surface area contributed by atoms with E-state index in [1.165, 1.54) is 30.3 Å². The van der Waals surface area contributed by atoms with Gasteiger partial charge in [-0.2, -0.15) is 0 Å². The second kappa shape index (κ2) is 10.4. The SMILES string of the molecule is O=C(COC(=O)c1ccccc1C(=O)c1ccc(Cl)c([N+](=O)[O-])c1)NC1CCOc2ccccc21. The van der Waals surface area contributed by atoms with Gasteiger partial charge in [-0.05, 0) is 24.3 Å². The van der Waals surface area contributed by atoms with Crippen LogP contribution in [-0.2, 0) is 9.53 Å². The molecule has 0 aromatic heterocycles. The van der Waals surface area contributed by atoms with Crippen LogP contribution in [0.1, 0.15) is 44.3 Å². The quantitative estimate of drug-likeness (QED) is 0.225. The van der Waals surface area contributed by atoms with Crippen LogP contribution >= 0.6 is 11.6 Å². The van der Waals surface area contributed by atoms with Crippen molar-refractivity contribution < 1.29 is 28.8 Å². The molecule has 3 aromatic carbocycles. The number of ketones is 1. The number of nitro groups is 1. The lowest BCUT2D eigenvalue weighted by Gasteiger charge is -2.26. The molecule has 1 aliphatic heterocycles. The maximum absolute atomic E-state index is 13.0. The predicted molar refractivity (Wildman–Crippen MR) is 126 cm³/mol. The van der Waals surface area contributed by atoms with E-state index in [9.17, 15) is 24.5 Å². The standard InChI is InChI=1S/C25H19ClN2O7/c26-19-10-9-15(13-21(19)28(32)33)24(30)16-5-1-2-6-17(16)25(31)35-14-23(29)27-20-11-12-34-22-8-4-3-7-18(20)22/h1-10,13,20H,11-12,14H2,(H,27,29). The Morgan fingerprint density at radius 1 is 1.06 bits per heavy atom. The second-order valence-electron chi connectivity index (χ2n) is 7.67. The number of carbonyl (C=O) groups is 3. The number of fused-ring (bicyclic) bond motifs is 1.